The molecule has 0 radical (unpaired) electrons. The zero-order chi connectivity index (χ0) is 11.0. The standard InChI is InChI=1S/C13H17ClN2/c14-12-2-3-13-10(6-12)7-15-8-11(13)9-16-4-1-5-16/h2-3,6,11,15H,1,4-5,7-9H2. The van der Waals surface area contributed by atoms with Crippen LogP contribution in [0.5, 0.6) is 0 Å². The second kappa shape index (κ2) is 4.36. The van der Waals surface area contributed by atoms with Crippen LogP contribution in [-0.4, -0.2) is 31.1 Å². The van der Waals surface area contributed by atoms with E-state index in [1.807, 2.05) is 6.07 Å². The zero-order valence-electron chi connectivity index (χ0n) is 9.38. The van der Waals surface area contributed by atoms with Crippen LogP contribution >= 0.6 is 11.6 Å². The summed E-state index contributed by atoms with van der Waals surface area (Å²) < 4.78 is 0. The molecule has 1 aromatic rings. The van der Waals surface area contributed by atoms with E-state index in [0.717, 1.165) is 18.1 Å². The first kappa shape index (κ1) is 10.6. The molecule has 1 fully saturated rings. The fourth-order valence-corrected chi connectivity index (χ4v) is 2.85. The molecule has 2 aliphatic rings. The van der Waals surface area contributed by atoms with Crippen molar-refractivity contribution >= 4 is 11.6 Å². The van der Waals surface area contributed by atoms with Crippen LogP contribution in [0, 0.1) is 0 Å². The lowest BCUT2D eigenvalue weighted by molar-refractivity contribution is 0.167. The number of nitrogens with zero attached hydrogens (tertiary/aromatic N) is 1. The number of hydrogen-bond donors (Lipinski definition) is 1. The third kappa shape index (κ3) is 1.97. The SMILES string of the molecule is Clc1ccc2c(c1)CNCC2CN1CCC1. The first-order chi connectivity index (χ1) is 7.83. The van der Waals surface area contributed by atoms with E-state index < -0.39 is 0 Å². The quantitative estimate of drug-likeness (QED) is 0.847. The minimum atomic E-state index is 0.640. The number of fused-ring (bicyclic) bond motifs is 1. The van der Waals surface area contributed by atoms with E-state index >= 15 is 0 Å². The third-order valence-electron chi connectivity index (χ3n) is 3.68. The van der Waals surface area contributed by atoms with Gasteiger partial charge < -0.3 is 10.2 Å². The Morgan fingerprint density at radius 3 is 3.00 bits per heavy atom. The van der Waals surface area contributed by atoms with Crippen LogP contribution in [0.4, 0.5) is 0 Å². The van der Waals surface area contributed by atoms with Crippen LogP contribution in [0.1, 0.15) is 23.5 Å². The highest BCUT2D eigenvalue weighted by atomic mass is 35.5. The molecule has 0 aliphatic carbocycles. The van der Waals surface area contributed by atoms with Gasteiger partial charge in [-0.05, 0) is 42.8 Å². The summed E-state index contributed by atoms with van der Waals surface area (Å²) in [5.41, 5.74) is 2.87. The molecule has 2 heterocycles. The number of halogens is 1. The van der Waals surface area contributed by atoms with E-state index in [1.54, 1.807) is 0 Å². The Labute approximate surface area is 102 Å². The van der Waals surface area contributed by atoms with E-state index in [-0.39, 0.29) is 0 Å². The lowest BCUT2D eigenvalue weighted by atomic mass is 9.90. The van der Waals surface area contributed by atoms with E-state index in [2.05, 4.69) is 22.3 Å². The van der Waals surface area contributed by atoms with Gasteiger partial charge in [-0.15, -0.1) is 0 Å². The molecule has 1 atom stereocenters. The molecule has 0 amide bonds. The van der Waals surface area contributed by atoms with Crippen molar-refractivity contribution < 1.29 is 0 Å². The Morgan fingerprint density at radius 1 is 1.38 bits per heavy atom. The minimum Gasteiger partial charge on any atom is -0.312 e. The predicted molar refractivity (Wildman–Crippen MR) is 67.0 cm³/mol. The number of hydrogen-bond acceptors (Lipinski definition) is 2. The molecule has 1 aromatic carbocycles. The largest absolute Gasteiger partial charge is 0.312 e. The average molecular weight is 237 g/mol. The van der Waals surface area contributed by atoms with Crippen LogP contribution in [0.2, 0.25) is 5.02 Å². The van der Waals surface area contributed by atoms with Gasteiger partial charge in [0.15, 0.2) is 0 Å². The maximum absolute atomic E-state index is 6.03. The topological polar surface area (TPSA) is 15.3 Å². The third-order valence-corrected chi connectivity index (χ3v) is 3.91. The highest BCUT2D eigenvalue weighted by Crippen LogP contribution is 2.28. The molecule has 16 heavy (non-hydrogen) atoms. The number of likely N-dealkylation sites (tertiary alicyclic amines) is 1. The van der Waals surface area contributed by atoms with Gasteiger partial charge in [-0.2, -0.15) is 0 Å². The summed E-state index contributed by atoms with van der Waals surface area (Å²) in [4.78, 5) is 2.54. The molecule has 1 unspecified atom stereocenters. The maximum atomic E-state index is 6.03. The van der Waals surface area contributed by atoms with Crippen molar-refractivity contribution in [1.29, 1.82) is 0 Å². The normalized spacial score (nSPS) is 24.9. The monoisotopic (exact) mass is 236 g/mol. The Morgan fingerprint density at radius 2 is 2.25 bits per heavy atom. The summed E-state index contributed by atoms with van der Waals surface area (Å²) in [6.07, 6.45) is 1.37. The van der Waals surface area contributed by atoms with Crippen molar-refractivity contribution in [2.75, 3.05) is 26.2 Å². The highest BCUT2D eigenvalue weighted by Gasteiger charge is 2.24. The second-order valence-electron chi connectivity index (χ2n) is 4.83. The smallest absolute Gasteiger partial charge is 0.0409 e. The van der Waals surface area contributed by atoms with Gasteiger partial charge in [0.1, 0.15) is 0 Å². The fraction of sp³-hybridized carbons (Fsp3) is 0.538. The average Bonchev–Trinajstić information content (AvgIpc) is 2.23. The molecule has 2 aliphatic heterocycles. The van der Waals surface area contributed by atoms with Crippen molar-refractivity contribution in [2.24, 2.45) is 0 Å². The van der Waals surface area contributed by atoms with E-state index in [4.69, 9.17) is 11.6 Å². The molecular weight excluding hydrogens is 220 g/mol. The van der Waals surface area contributed by atoms with Crippen molar-refractivity contribution in [3.8, 4) is 0 Å². The molecule has 0 saturated carbocycles. The van der Waals surface area contributed by atoms with Gasteiger partial charge in [-0.3, -0.25) is 0 Å². The maximum Gasteiger partial charge on any atom is 0.0409 e. The molecule has 1 N–H and O–H groups in total. The van der Waals surface area contributed by atoms with Crippen LogP contribution in [-0.2, 0) is 6.54 Å². The van der Waals surface area contributed by atoms with Crippen LogP contribution in [0.3, 0.4) is 0 Å². The van der Waals surface area contributed by atoms with Gasteiger partial charge in [-0.25, -0.2) is 0 Å². The lowest BCUT2D eigenvalue weighted by Crippen LogP contribution is -2.43. The van der Waals surface area contributed by atoms with Gasteiger partial charge in [0.25, 0.3) is 0 Å². The van der Waals surface area contributed by atoms with Crippen LogP contribution in [0.15, 0.2) is 18.2 Å². The van der Waals surface area contributed by atoms with Crippen molar-refractivity contribution in [3.63, 3.8) is 0 Å². The Hall–Kier alpha value is -0.570. The summed E-state index contributed by atoms with van der Waals surface area (Å²) in [6, 6.07) is 6.34. The Kier molecular flexibility index (Phi) is 2.88. The van der Waals surface area contributed by atoms with Crippen LogP contribution in [0.25, 0.3) is 0 Å². The van der Waals surface area contributed by atoms with Crippen molar-refractivity contribution in [3.05, 3.63) is 34.3 Å². The highest BCUT2D eigenvalue weighted by molar-refractivity contribution is 6.30. The second-order valence-corrected chi connectivity index (χ2v) is 5.26. The summed E-state index contributed by atoms with van der Waals surface area (Å²) in [7, 11) is 0. The summed E-state index contributed by atoms with van der Waals surface area (Å²) >= 11 is 6.03. The van der Waals surface area contributed by atoms with Crippen molar-refractivity contribution in [2.45, 2.75) is 18.9 Å². The summed E-state index contributed by atoms with van der Waals surface area (Å²) in [5.74, 6) is 0.640. The van der Waals surface area contributed by atoms with Gasteiger partial charge in [-0.1, -0.05) is 17.7 Å². The van der Waals surface area contributed by atoms with Gasteiger partial charge in [0.05, 0.1) is 0 Å². The number of nitrogens with one attached hydrogen (secondary N) is 1. The molecule has 3 rings (SSSR count). The molecular formula is C13H17ClN2. The van der Waals surface area contributed by atoms with E-state index in [1.165, 1.54) is 37.2 Å². The molecule has 0 spiro atoms. The molecule has 2 nitrogen and oxygen atoms in total. The number of rotatable bonds is 2. The summed E-state index contributed by atoms with van der Waals surface area (Å²) in [5, 5.41) is 4.34. The van der Waals surface area contributed by atoms with Gasteiger partial charge in [0, 0.05) is 30.6 Å². The first-order valence-corrected chi connectivity index (χ1v) is 6.42. The fourth-order valence-electron chi connectivity index (χ4n) is 2.66. The summed E-state index contributed by atoms with van der Waals surface area (Å²) in [6.45, 7) is 5.82. The van der Waals surface area contributed by atoms with Crippen LogP contribution < -0.4 is 5.32 Å². The molecule has 0 aromatic heterocycles. The number of benzene rings is 1. The van der Waals surface area contributed by atoms with Gasteiger partial charge >= 0.3 is 0 Å². The van der Waals surface area contributed by atoms with E-state index in [9.17, 15) is 0 Å². The van der Waals surface area contributed by atoms with E-state index in [0.29, 0.717) is 5.92 Å². The van der Waals surface area contributed by atoms with Gasteiger partial charge in [0.2, 0.25) is 0 Å². The predicted octanol–water partition coefficient (Wildman–Crippen LogP) is 2.23. The first-order valence-electron chi connectivity index (χ1n) is 6.04. The minimum absolute atomic E-state index is 0.640. The molecule has 3 heteroatoms. The molecule has 1 saturated heterocycles. The zero-order valence-corrected chi connectivity index (χ0v) is 10.1. The van der Waals surface area contributed by atoms with Crippen molar-refractivity contribution in [1.82, 2.24) is 10.2 Å². The Bertz CT molecular complexity index is 388. The molecule has 86 valence electrons. The Balaban J connectivity index is 1.81. The lowest BCUT2D eigenvalue weighted by Gasteiger charge is -2.36. The molecule has 0 bridgehead atoms.